The van der Waals surface area contributed by atoms with Gasteiger partial charge in [0.2, 0.25) is 0 Å². The fourth-order valence-corrected chi connectivity index (χ4v) is 3.27. The predicted molar refractivity (Wildman–Crippen MR) is 96.5 cm³/mol. The molecule has 0 heterocycles. The van der Waals surface area contributed by atoms with Crippen molar-refractivity contribution in [3.05, 3.63) is 83.4 Å². The van der Waals surface area contributed by atoms with Gasteiger partial charge in [0.05, 0.1) is 18.4 Å². The summed E-state index contributed by atoms with van der Waals surface area (Å²) < 4.78 is 11.0. The first-order chi connectivity index (χ1) is 12.2. The van der Waals surface area contributed by atoms with Crippen LogP contribution in [-0.2, 0) is 4.74 Å². The normalized spacial score (nSPS) is 12.4. The standard InChI is InChI=1S/C21H17NO3/c1-24-19-11-10-13(12-18(19)22)21(23)25-20-16-8-4-2-6-14(16)15-7-3-5-9-17(15)20/h2-12,20H,22H2,1H3. The van der Waals surface area contributed by atoms with Crippen molar-refractivity contribution in [2.45, 2.75) is 6.10 Å². The van der Waals surface area contributed by atoms with Crippen LogP contribution in [0.3, 0.4) is 0 Å². The molecule has 124 valence electrons. The van der Waals surface area contributed by atoms with Gasteiger partial charge >= 0.3 is 5.97 Å². The number of carbonyl (C=O) groups excluding carboxylic acids is 1. The van der Waals surface area contributed by atoms with E-state index in [-0.39, 0.29) is 0 Å². The van der Waals surface area contributed by atoms with Gasteiger partial charge in [-0.3, -0.25) is 0 Å². The number of rotatable bonds is 3. The van der Waals surface area contributed by atoms with E-state index in [4.69, 9.17) is 15.2 Å². The van der Waals surface area contributed by atoms with E-state index in [0.717, 1.165) is 22.3 Å². The summed E-state index contributed by atoms with van der Waals surface area (Å²) in [7, 11) is 1.54. The fraction of sp³-hybridized carbons (Fsp3) is 0.0952. The molecule has 0 unspecified atom stereocenters. The summed E-state index contributed by atoms with van der Waals surface area (Å²) in [4.78, 5) is 12.7. The molecule has 1 aliphatic rings. The lowest BCUT2D eigenvalue weighted by Gasteiger charge is -2.15. The van der Waals surface area contributed by atoms with Crippen molar-refractivity contribution in [2.24, 2.45) is 0 Å². The third kappa shape index (κ3) is 2.52. The van der Waals surface area contributed by atoms with Crippen molar-refractivity contribution >= 4 is 11.7 Å². The molecular formula is C21H17NO3. The molecule has 4 rings (SSSR count). The minimum Gasteiger partial charge on any atom is -0.495 e. The summed E-state index contributed by atoms with van der Waals surface area (Å²) in [6.45, 7) is 0. The molecule has 4 nitrogen and oxygen atoms in total. The number of anilines is 1. The van der Waals surface area contributed by atoms with Gasteiger partial charge in [0.15, 0.2) is 6.10 Å². The third-order valence-corrected chi connectivity index (χ3v) is 4.47. The molecule has 0 bridgehead atoms. The number of hydrogen-bond acceptors (Lipinski definition) is 4. The Balaban J connectivity index is 1.69. The first-order valence-corrected chi connectivity index (χ1v) is 8.02. The molecule has 3 aromatic rings. The maximum absolute atomic E-state index is 12.7. The average Bonchev–Trinajstić information content (AvgIpc) is 2.96. The SMILES string of the molecule is COc1ccc(C(=O)OC2c3ccccc3-c3ccccc32)cc1N. The largest absolute Gasteiger partial charge is 0.495 e. The van der Waals surface area contributed by atoms with Gasteiger partial charge < -0.3 is 15.2 Å². The number of hydrogen-bond donors (Lipinski definition) is 1. The Hall–Kier alpha value is -3.27. The first kappa shape index (κ1) is 15.3. The molecule has 1 aliphatic carbocycles. The van der Waals surface area contributed by atoms with Crippen LogP contribution in [0, 0.1) is 0 Å². The molecule has 0 fully saturated rings. The van der Waals surface area contributed by atoms with Crippen LogP contribution >= 0.6 is 0 Å². The Morgan fingerprint density at radius 2 is 1.52 bits per heavy atom. The molecule has 2 N–H and O–H groups in total. The van der Waals surface area contributed by atoms with E-state index in [1.807, 2.05) is 48.5 Å². The minimum absolute atomic E-state index is 0.403. The zero-order chi connectivity index (χ0) is 17.4. The van der Waals surface area contributed by atoms with Crippen LogP contribution in [0.5, 0.6) is 5.75 Å². The second-order valence-electron chi connectivity index (χ2n) is 5.92. The summed E-state index contributed by atoms with van der Waals surface area (Å²) in [5.74, 6) is 0.124. The fourth-order valence-electron chi connectivity index (χ4n) is 3.27. The summed E-state index contributed by atoms with van der Waals surface area (Å²) in [5.41, 5.74) is 10.9. The highest BCUT2D eigenvalue weighted by Crippen LogP contribution is 2.45. The van der Waals surface area contributed by atoms with Gasteiger partial charge in [-0.15, -0.1) is 0 Å². The van der Waals surface area contributed by atoms with Crippen molar-refractivity contribution in [1.29, 1.82) is 0 Å². The topological polar surface area (TPSA) is 61.5 Å². The minimum atomic E-state index is -0.414. The molecule has 0 amide bonds. The van der Waals surface area contributed by atoms with Gasteiger partial charge in [0.25, 0.3) is 0 Å². The van der Waals surface area contributed by atoms with Crippen LogP contribution in [0.4, 0.5) is 5.69 Å². The molecule has 0 aromatic heterocycles. The van der Waals surface area contributed by atoms with Gasteiger partial charge in [-0.25, -0.2) is 4.79 Å². The highest BCUT2D eigenvalue weighted by atomic mass is 16.5. The Morgan fingerprint density at radius 1 is 0.920 bits per heavy atom. The molecule has 25 heavy (non-hydrogen) atoms. The van der Waals surface area contributed by atoms with Gasteiger partial charge in [-0.2, -0.15) is 0 Å². The van der Waals surface area contributed by atoms with Crippen molar-refractivity contribution in [3.8, 4) is 16.9 Å². The Labute approximate surface area is 145 Å². The van der Waals surface area contributed by atoms with Crippen molar-refractivity contribution in [2.75, 3.05) is 12.8 Å². The van der Waals surface area contributed by atoms with Crippen LogP contribution in [0.1, 0.15) is 27.6 Å². The zero-order valence-corrected chi connectivity index (χ0v) is 13.7. The van der Waals surface area contributed by atoms with Crippen molar-refractivity contribution in [1.82, 2.24) is 0 Å². The Kier molecular flexibility index (Phi) is 3.65. The van der Waals surface area contributed by atoms with Crippen LogP contribution in [0.2, 0.25) is 0 Å². The summed E-state index contributed by atoms with van der Waals surface area (Å²) in [6.07, 6.45) is -0.414. The number of carbonyl (C=O) groups is 1. The number of esters is 1. The molecule has 4 heteroatoms. The number of nitrogen functional groups attached to an aromatic ring is 1. The van der Waals surface area contributed by atoms with Gasteiger partial charge in [0, 0.05) is 11.1 Å². The number of nitrogens with two attached hydrogens (primary N) is 1. The van der Waals surface area contributed by atoms with E-state index >= 15 is 0 Å². The summed E-state index contributed by atoms with van der Waals surface area (Å²) in [6, 6.07) is 20.9. The number of ether oxygens (including phenoxy) is 2. The lowest BCUT2D eigenvalue weighted by Crippen LogP contribution is -2.11. The Morgan fingerprint density at radius 3 is 2.08 bits per heavy atom. The lowest BCUT2D eigenvalue weighted by atomic mass is 10.1. The zero-order valence-electron chi connectivity index (χ0n) is 13.7. The second-order valence-corrected chi connectivity index (χ2v) is 5.92. The highest BCUT2D eigenvalue weighted by Gasteiger charge is 2.31. The maximum atomic E-state index is 12.7. The second kappa shape index (κ2) is 5.98. The van der Waals surface area contributed by atoms with Crippen LogP contribution in [-0.4, -0.2) is 13.1 Å². The summed E-state index contributed by atoms with van der Waals surface area (Å²) >= 11 is 0. The van der Waals surface area contributed by atoms with E-state index in [1.165, 1.54) is 7.11 Å². The third-order valence-electron chi connectivity index (χ3n) is 4.47. The highest BCUT2D eigenvalue weighted by molar-refractivity contribution is 5.92. The van der Waals surface area contributed by atoms with Gasteiger partial charge in [-0.05, 0) is 29.3 Å². The number of fused-ring (bicyclic) bond motifs is 3. The van der Waals surface area contributed by atoms with Crippen LogP contribution < -0.4 is 10.5 Å². The lowest BCUT2D eigenvalue weighted by molar-refractivity contribution is 0.0386. The van der Waals surface area contributed by atoms with E-state index in [0.29, 0.717) is 17.0 Å². The molecule has 0 radical (unpaired) electrons. The first-order valence-electron chi connectivity index (χ1n) is 8.02. The average molecular weight is 331 g/mol. The molecule has 3 aromatic carbocycles. The monoisotopic (exact) mass is 331 g/mol. The van der Waals surface area contributed by atoms with Crippen molar-refractivity contribution in [3.63, 3.8) is 0 Å². The molecule has 0 spiro atoms. The van der Waals surface area contributed by atoms with Gasteiger partial charge in [-0.1, -0.05) is 48.5 Å². The molecule has 0 saturated heterocycles. The Bertz CT molecular complexity index is 919. The van der Waals surface area contributed by atoms with E-state index in [2.05, 4.69) is 0 Å². The van der Waals surface area contributed by atoms with E-state index in [1.54, 1.807) is 18.2 Å². The predicted octanol–water partition coefficient (Wildman–Crippen LogP) is 4.20. The molecule has 0 saturated carbocycles. The molecule has 0 aliphatic heterocycles. The van der Waals surface area contributed by atoms with Gasteiger partial charge in [0.1, 0.15) is 5.75 Å². The number of methoxy groups -OCH3 is 1. The smallest absolute Gasteiger partial charge is 0.339 e. The van der Waals surface area contributed by atoms with Crippen LogP contribution in [0.15, 0.2) is 66.7 Å². The van der Waals surface area contributed by atoms with E-state index < -0.39 is 12.1 Å². The van der Waals surface area contributed by atoms with Crippen molar-refractivity contribution < 1.29 is 14.3 Å². The van der Waals surface area contributed by atoms with Crippen LogP contribution in [0.25, 0.3) is 11.1 Å². The summed E-state index contributed by atoms with van der Waals surface area (Å²) in [5, 5.41) is 0. The van der Waals surface area contributed by atoms with E-state index in [9.17, 15) is 4.79 Å². The maximum Gasteiger partial charge on any atom is 0.339 e. The quantitative estimate of drug-likeness (QED) is 0.577. The number of benzene rings is 3. The molecular weight excluding hydrogens is 314 g/mol. The molecule has 0 atom stereocenters.